The third-order valence-electron chi connectivity index (χ3n) is 7.72. The van der Waals surface area contributed by atoms with Crippen molar-refractivity contribution in [2.24, 2.45) is 0 Å². The van der Waals surface area contributed by atoms with Crippen LogP contribution in [0.5, 0.6) is 0 Å². The van der Waals surface area contributed by atoms with Crippen LogP contribution in [0, 0.1) is 0 Å². The van der Waals surface area contributed by atoms with Gasteiger partial charge in [0.1, 0.15) is 0 Å². The van der Waals surface area contributed by atoms with Gasteiger partial charge in [0.05, 0.1) is 11.4 Å². The monoisotopic (exact) mass is 476 g/mol. The molecule has 0 atom stereocenters. The highest BCUT2D eigenvalue weighted by atomic mass is 15.2. The SMILES string of the molecule is CCCCCN(CCCCC)c1ccc2c(c1N(CCCCC)CCCCC)Cc1ccccc1-2. The molecule has 2 aromatic rings. The van der Waals surface area contributed by atoms with Gasteiger partial charge in [-0.1, -0.05) is 109 Å². The summed E-state index contributed by atoms with van der Waals surface area (Å²) in [5.74, 6) is 0. The normalized spacial score (nSPS) is 12.0. The number of hydrogen-bond donors (Lipinski definition) is 0. The number of rotatable bonds is 18. The van der Waals surface area contributed by atoms with E-state index in [4.69, 9.17) is 0 Å². The van der Waals surface area contributed by atoms with E-state index in [2.05, 4.69) is 73.9 Å². The number of anilines is 2. The molecule has 2 heteroatoms. The first-order valence-corrected chi connectivity index (χ1v) is 15.0. The summed E-state index contributed by atoms with van der Waals surface area (Å²) in [6.07, 6.45) is 16.7. The Morgan fingerprint density at radius 3 is 1.60 bits per heavy atom. The summed E-state index contributed by atoms with van der Waals surface area (Å²) in [5, 5.41) is 0. The van der Waals surface area contributed by atoms with Crippen molar-refractivity contribution in [3.05, 3.63) is 47.5 Å². The van der Waals surface area contributed by atoms with Crippen LogP contribution in [0.25, 0.3) is 11.1 Å². The largest absolute Gasteiger partial charge is 0.370 e. The molecule has 1 aliphatic rings. The van der Waals surface area contributed by atoms with Gasteiger partial charge in [-0.3, -0.25) is 0 Å². The summed E-state index contributed by atoms with van der Waals surface area (Å²) in [5.41, 5.74) is 9.12. The molecule has 1 aliphatic carbocycles. The van der Waals surface area contributed by atoms with Crippen molar-refractivity contribution in [1.82, 2.24) is 0 Å². The van der Waals surface area contributed by atoms with Crippen molar-refractivity contribution in [2.75, 3.05) is 36.0 Å². The van der Waals surface area contributed by atoms with Crippen molar-refractivity contribution in [1.29, 1.82) is 0 Å². The van der Waals surface area contributed by atoms with Gasteiger partial charge in [0.2, 0.25) is 0 Å². The van der Waals surface area contributed by atoms with Crippen LogP contribution in [0.2, 0.25) is 0 Å². The summed E-state index contributed by atoms with van der Waals surface area (Å²) in [6.45, 7) is 14.1. The van der Waals surface area contributed by atoms with Gasteiger partial charge in [-0.25, -0.2) is 0 Å². The molecule has 0 heterocycles. The van der Waals surface area contributed by atoms with E-state index < -0.39 is 0 Å². The third kappa shape index (κ3) is 7.51. The van der Waals surface area contributed by atoms with E-state index in [0.29, 0.717) is 0 Å². The Balaban J connectivity index is 2.04. The quantitative estimate of drug-likeness (QED) is 0.169. The molecule has 194 valence electrons. The third-order valence-corrected chi connectivity index (χ3v) is 7.72. The molecule has 0 saturated carbocycles. The van der Waals surface area contributed by atoms with Crippen LogP contribution in [-0.4, -0.2) is 26.2 Å². The van der Waals surface area contributed by atoms with Crippen molar-refractivity contribution in [3.63, 3.8) is 0 Å². The maximum atomic E-state index is 2.80. The lowest BCUT2D eigenvalue weighted by Gasteiger charge is -2.35. The Hall–Kier alpha value is -1.96. The van der Waals surface area contributed by atoms with Gasteiger partial charge < -0.3 is 9.80 Å². The first-order valence-electron chi connectivity index (χ1n) is 15.0. The molecule has 0 amide bonds. The fourth-order valence-electron chi connectivity index (χ4n) is 5.69. The molecule has 0 unspecified atom stereocenters. The highest BCUT2D eigenvalue weighted by Crippen LogP contribution is 2.46. The lowest BCUT2D eigenvalue weighted by Crippen LogP contribution is -2.32. The van der Waals surface area contributed by atoms with Crippen molar-refractivity contribution in [3.8, 4) is 11.1 Å². The van der Waals surface area contributed by atoms with E-state index in [-0.39, 0.29) is 0 Å². The molecular formula is C33H52N2. The fourth-order valence-corrected chi connectivity index (χ4v) is 5.69. The number of fused-ring (bicyclic) bond motifs is 3. The van der Waals surface area contributed by atoms with Gasteiger partial charge in [-0.05, 0) is 54.0 Å². The molecule has 35 heavy (non-hydrogen) atoms. The Kier molecular flexibility index (Phi) is 12.0. The number of benzene rings is 2. The Morgan fingerprint density at radius 2 is 1.06 bits per heavy atom. The van der Waals surface area contributed by atoms with E-state index in [1.54, 1.807) is 11.3 Å². The molecule has 0 aliphatic heterocycles. The lowest BCUT2D eigenvalue weighted by molar-refractivity contribution is 0.623. The van der Waals surface area contributed by atoms with Gasteiger partial charge in [0.15, 0.2) is 0 Å². The minimum atomic E-state index is 1.09. The number of unbranched alkanes of at least 4 members (excludes halogenated alkanes) is 8. The molecule has 0 aromatic heterocycles. The van der Waals surface area contributed by atoms with Crippen LogP contribution in [-0.2, 0) is 6.42 Å². The zero-order valence-electron chi connectivity index (χ0n) is 23.4. The molecule has 0 saturated heterocycles. The summed E-state index contributed by atoms with van der Waals surface area (Å²) in [7, 11) is 0. The van der Waals surface area contributed by atoms with Gasteiger partial charge in [0.25, 0.3) is 0 Å². The minimum Gasteiger partial charge on any atom is -0.370 e. The first-order chi connectivity index (χ1) is 17.2. The second kappa shape index (κ2) is 15.2. The summed E-state index contributed by atoms with van der Waals surface area (Å²) >= 11 is 0. The van der Waals surface area contributed by atoms with Crippen LogP contribution >= 0.6 is 0 Å². The average Bonchev–Trinajstić information content (AvgIpc) is 3.26. The van der Waals surface area contributed by atoms with Gasteiger partial charge >= 0.3 is 0 Å². The zero-order valence-corrected chi connectivity index (χ0v) is 23.4. The fraction of sp³-hybridized carbons (Fsp3) is 0.636. The molecular weight excluding hydrogens is 424 g/mol. The zero-order chi connectivity index (χ0) is 24.9. The second-order valence-electron chi connectivity index (χ2n) is 10.6. The predicted octanol–water partition coefficient (Wildman–Crippen LogP) is 9.63. The van der Waals surface area contributed by atoms with E-state index in [0.717, 1.165) is 6.42 Å². The average molecular weight is 477 g/mol. The Bertz CT molecular complexity index is 851. The van der Waals surface area contributed by atoms with Gasteiger partial charge in [-0.15, -0.1) is 0 Å². The molecule has 0 N–H and O–H groups in total. The van der Waals surface area contributed by atoms with Crippen molar-refractivity contribution >= 4 is 11.4 Å². The summed E-state index contributed by atoms with van der Waals surface area (Å²) in [4.78, 5) is 5.56. The van der Waals surface area contributed by atoms with Crippen LogP contribution < -0.4 is 9.80 Å². The highest BCUT2D eigenvalue weighted by molar-refractivity contribution is 5.89. The Morgan fingerprint density at radius 1 is 0.543 bits per heavy atom. The van der Waals surface area contributed by atoms with E-state index >= 15 is 0 Å². The maximum absolute atomic E-state index is 2.80. The molecule has 2 aromatic carbocycles. The highest BCUT2D eigenvalue weighted by Gasteiger charge is 2.27. The molecule has 0 fully saturated rings. The summed E-state index contributed by atoms with van der Waals surface area (Å²) < 4.78 is 0. The summed E-state index contributed by atoms with van der Waals surface area (Å²) in [6, 6.07) is 14.0. The van der Waals surface area contributed by atoms with Crippen molar-refractivity contribution in [2.45, 2.75) is 111 Å². The molecule has 0 bridgehead atoms. The van der Waals surface area contributed by atoms with Gasteiger partial charge in [0, 0.05) is 32.6 Å². The van der Waals surface area contributed by atoms with Crippen LogP contribution in [0.1, 0.15) is 116 Å². The van der Waals surface area contributed by atoms with E-state index in [9.17, 15) is 0 Å². The smallest absolute Gasteiger partial charge is 0.0646 e. The maximum Gasteiger partial charge on any atom is 0.0646 e. The molecule has 0 spiro atoms. The van der Waals surface area contributed by atoms with Crippen molar-refractivity contribution < 1.29 is 0 Å². The Labute approximate surface area is 217 Å². The number of hydrogen-bond acceptors (Lipinski definition) is 2. The van der Waals surface area contributed by atoms with E-state index in [1.807, 2.05) is 0 Å². The lowest BCUT2D eigenvalue weighted by atomic mass is 10.0. The van der Waals surface area contributed by atoms with Gasteiger partial charge in [-0.2, -0.15) is 0 Å². The first kappa shape index (κ1) is 27.6. The molecule has 0 radical (unpaired) electrons. The van der Waals surface area contributed by atoms with Crippen LogP contribution in [0.4, 0.5) is 11.4 Å². The predicted molar refractivity (Wildman–Crippen MR) is 157 cm³/mol. The van der Waals surface area contributed by atoms with Crippen LogP contribution in [0.3, 0.4) is 0 Å². The minimum absolute atomic E-state index is 1.09. The molecule has 3 rings (SSSR count). The van der Waals surface area contributed by atoms with E-state index in [1.165, 1.54) is 126 Å². The standard InChI is InChI=1S/C33H52N2/c1-5-9-15-23-34(24-16-10-6-2)32-22-21-30-29-20-14-13-19-28(29)27-31(30)33(32)35(25-17-11-7-3)26-18-12-8-4/h13-14,19-22H,5-12,15-18,23-27H2,1-4H3. The second-order valence-corrected chi connectivity index (χ2v) is 10.6. The molecule has 2 nitrogen and oxygen atoms in total. The van der Waals surface area contributed by atoms with Crippen LogP contribution in [0.15, 0.2) is 36.4 Å². The topological polar surface area (TPSA) is 6.48 Å². The number of nitrogens with zero attached hydrogens (tertiary/aromatic N) is 2.